The molecule has 152 valence electrons. The summed E-state index contributed by atoms with van der Waals surface area (Å²) in [7, 11) is 0. The van der Waals surface area contributed by atoms with Crippen LogP contribution in [0.15, 0.2) is 84.6 Å². The normalized spacial score (nSPS) is 11.7. The zero-order valence-corrected chi connectivity index (χ0v) is 21.0. The van der Waals surface area contributed by atoms with E-state index >= 15 is 0 Å². The van der Waals surface area contributed by atoms with Gasteiger partial charge >= 0.3 is 26.2 Å². The molecule has 1 aliphatic carbocycles. The summed E-state index contributed by atoms with van der Waals surface area (Å²) in [5, 5.41) is 8.28. The second kappa shape index (κ2) is 13.0. The van der Waals surface area contributed by atoms with Crippen LogP contribution in [0.5, 0.6) is 0 Å². The minimum atomic E-state index is 0. The SMILES string of the molecule is CCCCC1=[C-]CC=C1.[Cl-].[Cl-].[Zr+4].c1ccc2[cH-]c(-n3cc4ccccc4n3)cc2c1. The molecule has 5 rings (SSSR count). The molecule has 0 bridgehead atoms. The van der Waals surface area contributed by atoms with E-state index < -0.39 is 0 Å². The van der Waals surface area contributed by atoms with E-state index in [1.54, 1.807) is 0 Å². The van der Waals surface area contributed by atoms with Gasteiger partial charge in [-0.05, 0) is 11.8 Å². The van der Waals surface area contributed by atoms with Crippen LogP contribution in [0.4, 0.5) is 0 Å². The quantitative estimate of drug-likeness (QED) is 0.368. The molecule has 0 fully saturated rings. The largest absolute Gasteiger partial charge is 4.00 e. The van der Waals surface area contributed by atoms with E-state index in [1.165, 1.54) is 41.0 Å². The standard InChI is InChI=1S/C16H11N2.C9H13.2ClH.Zr/c1-2-6-13-10-15(9-12(13)5-1)18-11-14-7-3-4-8-16(14)17-18;1-2-3-6-9-7-4-5-8-9;;;/h1-11H;4,7H,2-3,5-6H2,1H3;2*1H;/q2*-1;;;+4/p-2. The number of hydrogen-bond acceptors (Lipinski definition) is 1. The fourth-order valence-electron chi connectivity index (χ4n) is 3.35. The zero-order chi connectivity index (χ0) is 18.5. The molecule has 3 aromatic carbocycles. The van der Waals surface area contributed by atoms with Gasteiger partial charge in [-0.3, -0.25) is 10.8 Å². The summed E-state index contributed by atoms with van der Waals surface area (Å²) in [5.74, 6) is 0. The Kier molecular flexibility index (Phi) is 11.5. The molecule has 0 atom stereocenters. The van der Waals surface area contributed by atoms with Crippen LogP contribution >= 0.6 is 0 Å². The van der Waals surface area contributed by atoms with Crippen molar-refractivity contribution >= 4 is 21.7 Å². The van der Waals surface area contributed by atoms with Crippen molar-refractivity contribution in [1.29, 1.82) is 0 Å². The summed E-state index contributed by atoms with van der Waals surface area (Å²) < 4.78 is 1.95. The third kappa shape index (κ3) is 6.48. The van der Waals surface area contributed by atoms with Gasteiger partial charge < -0.3 is 24.8 Å². The number of aromatic nitrogens is 2. The summed E-state index contributed by atoms with van der Waals surface area (Å²) in [6.45, 7) is 2.22. The third-order valence-corrected chi connectivity index (χ3v) is 4.85. The van der Waals surface area contributed by atoms with Gasteiger partial charge in [0.2, 0.25) is 0 Å². The van der Waals surface area contributed by atoms with Gasteiger partial charge in [-0.1, -0.05) is 50.5 Å². The Morgan fingerprint density at radius 2 is 1.77 bits per heavy atom. The van der Waals surface area contributed by atoms with Gasteiger partial charge in [-0.15, -0.1) is 47.5 Å². The molecule has 0 spiro atoms. The van der Waals surface area contributed by atoms with Crippen LogP contribution in [0.1, 0.15) is 32.6 Å². The molecule has 0 unspecified atom stereocenters. The van der Waals surface area contributed by atoms with Crippen molar-refractivity contribution in [3.63, 3.8) is 0 Å². The van der Waals surface area contributed by atoms with Gasteiger partial charge in [0, 0.05) is 11.6 Å². The molecule has 30 heavy (non-hydrogen) atoms. The Morgan fingerprint density at radius 3 is 2.43 bits per heavy atom. The van der Waals surface area contributed by atoms with Crippen molar-refractivity contribution in [2.45, 2.75) is 32.6 Å². The maximum Gasteiger partial charge on any atom is 4.00 e. The van der Waals surface area contributed by atoms with E-state index in [-0.39, 0.29) is 51.0 Å². The van der Waals surface area contributed by atoms with E-state index in [2.05, 4.69) is 78.9 Å². The van der Waals surface area contributed by atoms with Crippen molar-refractivity contribution in [3.05, 3.63) is 90.7 Å². The van der Waals surface area contributed by atoms with Crippen molar-refractivity contribution in [1.82, 2.24) is 9.78 Å². The average Bonchev–Trinajstić information content (AvgIpc) is 3.45. The second-order valence-corrected chi connectivity index (χ2v) is 6.89. The number of unbranched alkanes of at least 4 members (excludes halogenated alkanes) is 1. The van der Waals surface area contributed by atoms with Crippen molar-refractivity contribution in [2.75, 3.05) is 0 Å². The van der Waals surface area contributed by atoms with E-state index in [0.717, 1.165) is 17.6 Å². The molecule has 0 saturated heterocycles. The molecule has 1 heterocycles. The molecular formula is C25H24Cl2N2Zr. The monoisotopic (exact) mass is 512 g/mol. The molecule has 5 heteroatoms. The van der Waals surface area contributed by atoms with Crippen LogP contribution in [0, 0.1) is 6.08 Å². The molecule has 0 N–H and O–H groups in total. The van der Waals surface area contributed by atoms with Crippen LogP contribution in [-0.2, 0) is 26.2 Å². The Balaban J connectivity index is 0.000000327. The topological polar surface area (TPSA) is 17.8 Å². The number of benzene rings is 2. The number of rotatable bonds is 4. The number of fused-ring (bicyclic) bond motifs is 2. The average molecular weight is 515 g/mol. The molecule has 0 radical (unpaired) electrons. The van der Waals surface area contributed by atoms with Gasteiger partial charge in [0.25, 0.3) is 0 Å². The fraction of sp³-hybridized carbons (Fsp3) is 0.200. The molecule has 4 aromatic rings. The second-order valence-electron chi connectivity index (χ2n) is 6.89. The van der Waals surface area contributed by atoms with Crippen molar-refractivity contribution in [3.8, 4) is 5.69 Å². The van der Waals surface area contributed by atoms with E-state index in [4.69, 9.17) is 0 Å². The fourth-order valence-corrected chi connectivity index (χ4v) is 3.35. The van der Waals surface area contributed by atoms with E-state index in [9.17, 15) is 0 Å². The third-order valence-electron chi connectivity index (χ3n) is 4.85. The molecule has 0 saturated carbocycles. The molecular weight excluding hydrogens is 490 g/mol. The van der Waals surface area contributed by atoms with Gasteiger partial charge in [0.05, 0.1) is 5.52 Å². The number of hydrogen-bond donors (Lipinski definition) is 0. The van der Waals surface area contributed by atoms with Crippen molar-refractivity contribution in [2.24, 2.45) is 0 Å². The van der Waals surface area contributed by atoms with Crippen LogP contribution in [-0.4, -0.2) is 9.78 Å². The van der Waals surface area contributed by atoms with E-state index in [0.29, 0.717) is 0 Å². The van der Waals surface area contributed by atoms with Gasteiger partial charge in [0.1, 0.15) is 0 Å². The summed E-state index contributed by atoms with van der Waals surface area (Å²) in [6.07, 6.45) is 14.6. The minimum absolute atomic E-state index is 0. The molecule has 0 amide bonds. The smallest absolute Gasteiger partial charge is 1.00 e. The first-order chi connectivity index (χ1) is 13.3. The summed E-state index contributed by atoms with van der Waals surface area (Å²) in [4.78, 5) is 0. The maximum absolute atomic E-state index is 4.59. The summed E-state index contributed by atoms with van der Waals surface area (Å²) >= 11 is 0. The van der Waals surface area contributed by atoms with Gasteiger partial charge in [-0.2, -0.15) is 11.2 Å². The summed E-state index contributed by atoms with van der Waals surface area (Å²) in [5.41, 5.74) is 3.56. The van der Waals surface area contributed by atoms with Crippen LogP contribution < -0.4 is 24.8 Å². The van der Waals surface area contributed by atoms with Gasteiger partial charge in [-0.25, -0.2) is 11.6 Å². The molecule has 1 aliphatic rings. The van der Waals surface area contributed by atoms with Crippen LogP contribution in [0.2, 0.25) is 0 Å². The van der Waals surface area contributed by atoms with Gasteiger partial charge in [0.15, 0.2) is 0 Å². The number of allylic oxidation sites excluding steroid dienone is 4. The Labute approximate surface area is 210 Å². The van der Waals surface area contributed by atoms with Crippen molar-refractivity contribution < 1.29 is 51.0 Å². The number of halogens is 2. The first kappa shape index (κ1) is 26.5. The Hall–Kier alpha value is -1.54. The van der Waals surface area contributed by atoms with Crippen LogP contribution in [0.3, 0.4) is 0 Å². The maximum atomic E-state index is 4.59. The number of nitrogens with zero attached hydrogens (tertiary/aromatic N) is 2. The zero-order valence-electron chi connectivity index (χ0n) is 17.0. The predicted octanol–water partition coefficient (Wildman–Crippen LogP) is 0.769. The predicted molar refractivity (Wildman–Crippen MR) is 114 cm³/mol. The first-order valence-electron chi connectivity index (χ1n) is 9.70. The van der Waals surface area contributed by atoms with Crippen LogP contribution in [0.25, 0.3) is 27.4 Å². The molecule has 0 aliphatic heterocycles. The Bertz CT molecular complexity index is 970. The summed E-state index contributed by atoms with van der Waals surface area (Å²) in [6, 6.07) is 20.9. The van der Waals surface area contributed by atoms with E-state index in [1.807, 2.05) is 22.9 Å². The molecule has 1 aromatic heterocycles. The molecule has 2 nitrogen and oxygen atoms in total. The first-order valence-corrected chi connectivity index (χ1v) is 9.70. The minimum Gasteiger partial charge on any atom is -1.00 e. The Morgan fingerprint density at radius 1 is 1.03 bits per heavy atom.